The average molecular weight is 369 g/mol. The quantitative estimate of drug-likeness (QED) is 0.819. The van der Waals surface area contributed by atoms with Crippen LogP contribution in [0.15, 0.2) is 28.8 Å². The van der Waals surface area contributed by atoms with E-state index in [4.69, 9.17) is 4.52 Å². The van der Waals surface area contributed by atoms with Gasteiger partial charge in [-0.25, -0.2) is 0 Å². The van der Waals surface area contributed by atoms with Crippen LogP contribution in [-0.2, 0) is 11.2 Å². The van der Waals surface area contributed by atoms with Crippen molar-refractivity contribution in [3.05, 3.63) is 46.8 Å². The smallest absolute Gasteiger partial charge is 0.361 e. The predicted octanol–water partition coefficient (Wildman–Crippen LogP) is 3.15. The van der Waals surface area contributed by atoms with Crippen molar-refractivity contribution < 1.29 is 27.3 Å². The Kier molecular flexibility index (Phi) is 6.01. The molecule has 9 heteroatoms. The molecule has 6 nitrogen and oxygen atoms in total. The lowest BCUT2D eigenvalue weighted by Crippen LogP contribution is -2.34. The van der Waals surface area contributed by atoms with E-state index < -0.39 is 18.6 Å². The van der Waals surface area contributed by atoms with Crippen LogP contribution in [0.4, 0.5) is 18.9 Å². The molecule has 0 atom stereocenters. The SMILES string of the molecule is Cc1noc(C)c1CCC(=O)Nc1ccccc1C(=O)NCC(F)(F)F. The number of hydrogen-bond acceptors (Lipinski definition) is 4. The molecule has 0 unspecified atom stereocenters. The van der Waals surface area contributed by atoms with Crippen LogP contribution in [0.1, 0.15) is 33.8 Å². The summed E-state index contributed by atoms with van der Waals surface area (Å²) < 4.78 is 41.8. The number of amides is 2. The van der Waals surface area contributed by atoms with Crippen molar-refractivity contribution in [3.63, 3.8) is 0 Å². The third kappa shape index (κ3) is 5.33. The summed E-state index contributed by atoms with van der Waals surface area (Å²) in [6.07, 6.45) is -4.00. The molecule has 140 valence electrons. The Labute approximate surface area is 147 Å². The first kappa shape index (κ1) is 19.5. The van der Waals surface area contributed by atoms with Crippen LogP contribution >= 0.6 is 0 Å². The van der Waals surface area contributed by atoms with Gasteiger partial charge in [-0.05, 0) is 32.4 Å². The third-order valence-corrected chi connectivity index (χ3v) is 3.68. The average Bonchev–Trinajstić information content (AvgIpc) is 2.89. The topological polar surface area (TPSA) is 84.2 Å². The number of alkyl halides is 3. The van der Waals surface area contributed by atoms with Gasteiger partial charge in [-0.2, -0.15) is 13.2 Å². The maximum absolute atomic E-state index is 12.2. The van der Waals surface area contributed by atoms with E-state index in [1.165, 1.54) is 18.2 Å². The van der Waals surface area contributed by atoms with Crippen LogP contribution in [-0.4, -0.2) is 29.7 Å². The molecule has 2 rings (SSSR count). The molecule has 0 aliphatic carbocycles. The van der Waals surface area contributed by atoms with Crippen LogP contribution in [0.25, 0.3) is 0 Å². The van der Waals surface area contributed by atoms with Crippen LogP contribution in [0.3, 0.4) is 0 Å². The van der Waals surface area contributed by atoms with E-state index in [1.807, 2.05) is 0 Å². The summed E-state index contributed by atoms with van der Waals surface area (Å²) in [5, 5.41) is 8.15. The first-order valence-corrected chi connectivity index (χ1v) is 7.83. The zero-order valence-corrected chi connectivity index (χ0v) is 14.2. The number of nitrogens with one attached hydrogen (secondary N) is 2. The van der Waals surface area contributed by atoms with E-state index in [0.717, 1.165) is 5.56 Å². The fraction of sp³-hybridized carbons (Fsp3) is 0.353. The number of benzene rings is 1. The molecule has 2 N–H and O–H groups in total. The van der Waals surface area contributed by atoms with Gasteiger partial charge in [0.05, 0.1) is 16.9 Å². The minimum Gasteiger partial charge on any atom is -0.361 e. The maximum atomic E-state index is 12.2. The summed E-state index contributed by atoms with van der Waals surface area (Å²) in [6, 6.07) is 5.87. The first-order valence-electron chi connectivity index (χ1n) is 7.83. The molecule has 0 aliphatic heterocycles. The molecule has 0 fully saturated rings. The minimum absolute atomic E-state index is 0.0394. The highest BCUT2D eigenvalue weighted by Gasteiger charge is 2.28. The second kappa shape index (κ2) is 8.03. The fourth-order valence-electron chi connectivity index (χ4n) is 2.38. The largest absolute Gasteiger partial charge is 0.405 e. The van der Waals surface area contributed by atoms with Crippen LogP contribution < -0.4 is 10.6 Å². The minimum atomic E-state index is -4.51. The van der Waals surface area contributed by atoms with E-state index in [1.54, 1.807) is 25.2 Å². The molecule has 0 radical (unpaired) electrons. The second-order valence-corrected chi connectivity index (χ2v) is 5.69. The normalized spacial score (nSPS) is 11.3. The molecule has 0 aliphatic rings. The number of rotatable bonds is 6. The molecular weight excluding hydrogens is 351 g/mol. The molecule has 2 aromatic rings. The Balaban J connectivity index is 2.00. The number of carbonyl (C=O) groups is 2. The molecule has 0 bridgehead atoms. The van der Waals surface area contributed by atoms with Crippen molar-refractivity contribution in [1.29, 1.82) is 0 Å². The molecular formula is C17H18F3N3O3. The van der Waals surface area contributed by atoms with Gasteiger partial charge >= 0.3 is 6.18 Å². The monoisotopic (exact) mass is 369 g/mol. The first-order chi connectivity index (χ1) is 12.2. The Bertz CT molecular complexity index is 781. The second-order valence-electron chi connectivity index (χ2n) is 5.69. The van der Waals surface area contributed by atoms with Gasteiger partial charge in [-0.15, -0.1) is 0 Å². The van der Waals surface area contributed by atoms with Crippen molar-refractivity contribution in [3.8, 4) is 0 Å². The standard InChI is InChI=1S/C17H18F3N3O3/c1-10-12(11(2)26-23-10)7-8-15(24)22-14-6-4-3-5-13(14)16(25)21-9-17(18,19)20/h3-6H,7-9H2,1-2H3,(H,21,25)(H,22,24). The Morgan fingerprint density at radius 3 is 2.50 bits per heavy atom. The highest BCUT2D eigenvalue weighted by atomic mass is 19.4. The molecule has 0 saturated carbocycles. The zero-order chi connectivity index (χ0) is 19.3. The lowest BCUT2D eigenvalue weighted by atomic mass is 10.1. The Morgan fingerprint density at radius 1 is 1.19 bits per heavy atom. The summed E-state index contributed by atoms with van der Waals surface area (Å²) in [5.41, 5.74) is 1.64. The van der Waals surface area contributed by atoms with Gasteiger partial charge in [0, 0.05) is 12.0 Å². The van der Waals surface area contributed by atoms with E-state index >= 15 is 0 Å². The van der Waals surface area contributed by atoms with Gasteiger partial charge in [0.1, 0.15) is 12.3 Å². The van der Waals surface area contributed by atoms with E-state index in [9.17, 15) is 22.8 Å². The summed E-state index contributed by atoms with van der Waals surface area (Å²) in [6.45, 7) is 2.07. The summed E-state index contributed by atoms with van der Waals surface area (Å²) in [7, 11) is 0. The molecule has 26 heavy (non-hydrogen) atoms. The number of aromatic nitrogens is 1. The highest BCUT2D eigenvalue weighted by molar-refractivity contribution is 6.03. The number of carbonyl (C=O) groups excluding carboxylic acids is 2. The Morgan fingerprint density at radius 2 is 1.88 bits per heavy atom. The lowest BCUT2D eigenvalue weighted by molar-refractivity contribution is -0.123. The Hall–Kier alpha value is -2.84. The van der Waals surface area contributed by atoms with Crippen LogP contribution in [0.2, 0.25) is 0 Å². The van der Waals surface area contributed by atoms with Crippen molar-refractivity contribution in [2.75, 3.05) is 11.9 Å². The van der Waals surface area contributed by atoms with Crippen molar-refractivity contribution in [2.24, 2.45) is 0 Å². The highest BCUT2D eigenvalue weighted by Crippen LogP contribution is 2.18. The molecule has 1 aromatic heterocycles. The van der Waals surface area contributed by atoms with Gasteiger partial charge in [-0.3, -0.25) is 9.59 Å². The van der Waals surface area contributed by atoms with Crippen molar-refractivity contribution in [2.45, 2.75) is 32.9 Å². The predicted molar refractivity (Wildman–Crippen MR) is 87.8 cm³/mol. The third-order valence-electron chi connectivity index (χ3n) is 3.68. The number of anilines is 1. The summed E-state index contributed by atoms with van der Waals surface area (Å²) in [4.78, 5) is 24.1. The van der Waals surface area contributed by atoms with E-state index in [2.05, 4.69) is 10.5 Å². The van der Waals surface area contributed by atoms with Crippen LogP contribution in [0, 0.1) is 13.8 Å². The van der Waals surface area contributed by atoms with Gasteiger partial charge in [-0.1, -0.05) is 17.3 Å². The van der Waals surface area contributed by atoms with Gasteiger partial charge in [0.15, 0.2) is 0 Å². The van der Waals surface area contributed by atoms with Crippen molar-refractivity contribution in [1.82, 2.24) is 10.5 Å². The van der Waals surface area contributed by atoms with Crippen molar-refractivity contribution >= 4 is 17.5 Å². The summed E-state index contributed by atoms with van der Waals surface area (Å²) >= 11 is 0. The van der Waals surface area contributed by atoms with E-state index in [0.29, 0.717) is 17.9 Å². The maximum Gasteiger partial charge on any atom is 0.405 e. The lowest BCUT2D eigenvalue weighted by Gasteiger charge is -2.12. The molecule has 0 spiro atoms. The zero-order valence-electron chi connectivity index (χ0n) is 14.2. The van der Waals surface area contributed by atoms with Gasteiger partial charge in [0.2, 0.25) is 5.91 Å². The molecule has 1 heterocycles. The molecule has 0 saturated heterocycles. The number of nitrogens with zero attached hydrogens (tertiary/aromatic N) is 1. The number of halogens is 3. The van der Waals surface area contributed by atoms with Gasteiger partial charge in [0.25, 0.3) is 5.91 Å². The number of aryl methyl sites for hydroxylation is 2. The fourth-order valence-corrected chi connectivity index (χ4v) is 2.38. The van der Waals surface area contributed by atoms with Gasteiger partial charge < -0.3 is 15.2 Å². The molecule has 2 amide bonds. The molecule has 1 aromatic carbocycles. The summed E-state index contributed by atoms with van der Waals surface area (Å²) in [5.74, 6) is -0.660. The van der Waals surface area contributed by atoms with E-state index in [-0.39, 0.29) is 23.6 Å². The van der Waals surface area contributed by atoms with Crippen LogP contribution in [0.5, 0.6) is 0 Å². The number of para-hydroxylation sites is 1. The number of hydrogen-bond donors (Lipinski definition) is 2.